The second-order valence-corrected chi connectivity index (χ2v) is 4.96. The average Bonchev–Trinajstić information content (AvgIpc) is 2.42. The van der Waals surface area contributed by atoms with Gasteiger partial charge in [-0.05, 0) is 31.0 Å². The van der Waals surface area contributed by atoms with Crippen molar-refractivity contribution in [3.63, 3.8) is 0 Å². The Bertz CT molecular complexity index is 406. The minimum atomic E-state index is -0.162. The van der Waals surface area contributed by atoms with Gasteiger partial charge in [0.15, 0.2) is 0 Å². The van der Waals surface area contributed by atoms with Crippen LogP contribution in [0.3, 0.4) is 0 Å². The van der Waals surface area contributed by atoms with Crippen molar-refractivity contribution in [1.82, 2.24) is 10.3 Å². The van der Waals surface area contributed by atoms with Gasteiger partial charge in [-0.25, -0.2) is 0 Å². The Morgan fingerprint density at radius 2 is 2.26 bits per heavy atom. The largest absolute Gasteiger partial charge is 0.371 e. The van der Waals surface area contributed by atoms with E-state index in [1.807, 2.05) is 12.1 Å². The number of hydrogen-bond acceptors (Lipinski definition) is 4. The Labute approximate surface area is 115 Å². The zero-order valence-electron chi connectivity index (χ0n) is 12.0. The second kappa shape index (κ2) is 7.74. The molecule has 0 aliphatic carbocycles. The van der Waals surface area contributed by atoms with Crippen molar-refractivity contribution in [2.45, 2.75) is 20.3 Å². The minimum Gasteiger partial charge on any atom is -0.371 e. The summed E-state index contributed by atoms with van der Waals surface area (Å²) < 4.78 is 0. The summed E-state index contributed by atoms with van der Waals surface area (Å²) in [6.07, 6.45) is 2.61. The third kappa shape index (κ3) is 4.87. The first-order valence-corrected chi connectivity index (χ1v) is 6.71. The van der Waals surface area contributed by atoms with Crippen LogP contribution in [0.2, 0.25) is 0 Å². The molecule has 5 nitrogen and oxygen atoms in total. The number of anilines is 1. The van der Waals surface area contributed by atoms with Gasteiger partial charge in [0.25, 0.3) is 5.91 Å². The summed E-state index contributed by atoms with van der Waals surface area (Å²) in [5, 5.41) is 2.59. The van der Waals surface area contributed by atoms with Crippen LogP contribution in [0, 0.1) is 5.92 Å². The van der Waals surface area contributed by atoms with Crippen LogP contribution in [0.25, 0.3) is 0 Å². The van der Waals surface area contributed by atoms with Crippen molar-refractivity contribution in [2.75, 3.05) is 31.6 Å². The maximum Gasteiger partial charge on any atom is 0.269 e. The van der Waals surface area contributed by atoms with E-state index in [-0.39, 0.29) is 5.91 Å². The molecule has 0 atom stereocenters. The Morgan fingerprint density at radius 3 is 2.84 bits per heavy atom. The molecule has 1 amide bonds. The van der Waals surface area contributed by atoms with E-state index in [4.69, 9.17) is 5.73 Å². The van der Waals surface area contributed by atoms with Gasteiger partial charge in [0.05, 0.1) is 0 Å². The summed E-state index contributed by atoms with van der Waals surface area (Å²) in [4.78, 5) is 18.0. The fourth-order valence-electron chi connectivity index (χ4n) is 1.92. The maximum absolute atomic E-state index is 11.6. The second-order valence-electron chi connectivity index (χ2n) is 4.96. The molecule has 5 heteroatoms. The maximum atomic E-state index is 11.6. The zero-order valence-corrected chi connectivity index (χ0v) is 12.0. The van der Waals surface area contributed by atoms with Crippen molar-refractivity contribution in [3.05, 3.63) is 24.0 Å². The van der Waals surface area contributed by atoms with Crippen LogP contribution >= 0.6 is 0 Å². The first-order chi connectivity index (χ1) is 9.08. The molecule has 106 valence electrons. The van der Waals surface area contributed by atoms with Crippen molar-refractivity contribution >= 4 is 11.6 Å². The van der Waals surface area contributed by atoms with E-state index >= 15 is 0 Å². The minimum absolute atomic E-state index is 0.162. The van der Waals surface area contributed by atoms with Gasteiger partial charge in [-0.2, -0.15) is 0 Å². The highest BCUT2D eigenvalue weighted by Gasteiger charge is 2.11. The van der Waals surface area contributed by atoms with Crippen LogP contribution < -0.4 is 16.0 Å². The smallest absolute Gasteiger partial charge is 0.269 e. The summed E-state index contributed by atoms with van der Waals surface area (Å²) in [7, 11) is 1.61. The fraction of sp³-hybridized carbons (Fsp3) is 0.571. The van der Waals surface area contributed by atoms with Crippen molar-refractivity contribution in [3.8, 4) is 0 Å². The number of carbonyl (C=O) groups excluding carboxylic acids is 1. The molecule has 1 heterocycles. The lowest BCUT2D eigenvalue weighted by molar-refractivity contribution is 0.0958. The van der Waals surface area contributed by atoms with Crippen LogP contribution in [0.5, 0.6) is 0 Å². The van der Waals surface area contributed by atoms with E-state index in [1.54, 1.807) is 13.2 Å². The number of aromatic nitrogens is 1. The quantitative estimate of drug-likeness (QED) is 0.777. The van der Waals surface area contributed by atoms with Crippen LogP contribution in [-0.4, -0.2) is 37.6 Å². The van der Waals surface area contributed by atoms with Crippen LogP contribution in [0.15, 0.2) is 18.3 Å². The van der Waals surface area contributed by atoms with Gasteiger partial charge in [0.1, 0.15) is 5.69 Å². The molecule has 19 heavy (non-hydrogen) atoms. The van der Waals surface area contributed by atoms with Crippen LogP contribution in [-0.2, 0) is 0 Å². The van der Waals surface area contributed by atoms with Gasteiger partial charge in [-0.3, -0.25) is 9.78 Å². The van der Waals surface area contributed by atoms with Gasteiger partial charge in [0, 0.05) is 32.0 Å². The predicted octanol–water partition coefficient (Wildman–Crippen LogP) is 1.25. The summed E-state index contributed by atoms with van der Waals surface area (Å²) in [5.74, 6) is 0.388. The van der Waals surface area contributed by atoms with Gasteiger partial charge in [0.2, 0.25) is 0 Å². The first kappa shape index (κ1) is 15.4. The van der Waals surface area contributed by atoms with E-state index in [9.17, 15) is 4.79 Å². The number of carbonyl (C=O) groups is 1. The molecule has 0 saturated carbocycles. The van der Waals surface area contributed by atoms with Gasteiger partial charge < -0.3 is 16.0 Å². The third-order valence-corrected chi connectivity index (χ3v) is 2.79. The number of nitrogens with two attached hydrogens (primary N) is 1. The van der Waals surface area contributed by atoms with E-state index in [2.05, 4.69) is 29.0 Å². The SMILES string of the molecule is CNC(=O)c1cc(N(CCCN)CC(C)C)ccn1. The highest BCUT2D eigenvalue weighted by Crippen LogP contribution is 2.16. The Kier molecular flexibility index (Phi) is 6.29. The molecule has 0 saturated heterocycles. The monoisotopic (exact) mass is 264 g/mol. The zero-order chi connectivity index (χ0) is 14.3. The predicted molar refractivity (Wildman–Crippen MR) is 78.3 cm³/mol. The molecule has 0 bridgehead atoms. The van der Waals surface area contributed by atoms with Gasteiger partial charge in [-0.1, -0.05) is 13.8 Å². The van der Waals surface area contributed by atoms with Gasteiger partial charge in [-0.15, -0.1) is 0 Å². The van der Waals surface area contributed by atoms with Crippen LogP contribution in [0.1, 0.15) is 30.8 Å². The lowest BCUT2D eigenvalue weighted by Crippen LogP contribution is -2.30. The lowest BCUT2D eigenvalue weighted by atomic mass is 10.1. The number of nitrogens with one attached hydrogen (secondary N) is 1. The summed E-state index contributed by atoms with van der Waals surface area (Å²) in [6, 6.07) is 3.77. The van der Waals surface area contributed by atoms with Crippen molar-refractivity contribution < 1.29 is 4.79 Å². The average molecular weight is 264 g/mol. The Balaban J connectivity index is 2.90. The van der Waals surface area contributed by atoms with E-state index in [0.717, 1.165) is 25.2 Å². The molecule has 1 aromatic rings. The molecule has 1 aromatic heterocycles. The summed E-state index contributed by atoms with van der Waals surface area (Å²) in [5.41, 5.74) is 7.05. The topological polar surface area (TPSA) is 71.2 Å². The van der Waals surface area contributed by atoms with E-state index in [1.165, 1.54) is 0 Å². The Morgan fingerprint density at radius 1 is 1.53 bits per heavy atom. The molecule has 0 unspecified atom stereocenters. The molecule has 0 fully saturated rings. The van der Waals surface area contributed by atoms with E-state index in [0.29, 0.717) is 18.2 Å². The molecule has 0 aliphatic rings. The summed E-state index contributed by atoms with van der Waals surface area (Å²) >= 11 is 0. The highest BCUT2D eigenvalue weighted by molar-refractivity contribution is 5.92. The van der Waals surface area contributed by atoms with Gasteiger partial charge >= 0.3 is 0 Å². The first-order valence-electron chi connectivity index (χ1n) is 6.71. The van der Waals surface area contributed by atoms with Crippen molar-refractivity contribution in [2.24, 2.45) is 11.7 Å². The van der Waals surface area contributed by atoms with E-state index < -0.39 is 0 Å². The van der Waals surface area contributed by atoms with Crippen molar-refractivity contribution in [1.29, 1.82) is 0 Å². The third-order valence-electron chi connectivity index (χ3n) is 2.79. The molecular weight excluding hydrogens is 240 g/mol. The number of amides is 1. The number of nitrogens with zero attached hydrogens (tertiary/aromatic N) is 2. The molecule has 3 N–H and O–H groups in total. The molecule has 0 aliphatic heterocycles. The van der Waals surface area contributed by atoms with Crippen LogP contribution in [0.4, 0.5) is 5.69 Å². The molecular formula is C14H24N4O. The molecule has 0 spiro atoms. The highest BCUT2D eigenvalue weighted by atomic mass is 16.1. The lowest BCUT2D eigenvalue weighted by Gasteiger charge is -2.26. The summed E-state index contributed by atoms with van der Waals surface area (Å²) in [6.45, 7) is 6.86. The Hall–Kier alpha value is -1.62. The number of rotatable bonds is 7. The normalized spacial score (nSPS) is 10.6. The molecule has 0 aromatic carbocycles. The molecule has 0 radical (unpaired) electrons. The standard InChI is InChI=1S/C14H24N4O/c1-11(2)10-18(8-4-6-15)12-5-7-17-13(9-12)14(19)16-3/h5,7,9,11H,4,6,8,10,15H2,1-3H3,(H,16,19). The fourth-order valence-corrected chi connectivity index (χ4v) is 1.92. The molecule has 1 rings (SSSR count). The number of pyridine rings is 1. The number of hydrogen-bond donors (Lipinski definition) is 2.